The van der Waals surface area contributed by atoms with E-state index < -0.39 is 0 Å². The van der Waals surface area contributed by atoms with E-state index in [4.69, 9.17) is 10.5 Å². The minimum atomic E-state index is 0.709. The van der Waals surface area contributed by atoms with Gasteiger partial charge in [0.05, 0.1) is 12.8 Å². The van der Waals surface area contributed by atoms with Crippen LogP contribution in [0, 0.1) is 0 Å². The van der Waals surface area contributed by atoms with Crippen LogP contribution in [0.3, 0.4) is 0 Å². The lowest BCUT2D eigenvalue weighted by Gasteiger charge is -2.05. The molecule has 0 saturated carbocycles. The molecule has 0 unspecified atom stereocenters. The van der Waals surface area contributed by atoms with Crippen molar-refractivity contribution in [3.8, 4) is 5.75 Å². The van der Waals surface area contributed by atoms with Crippen molar-refractivity contribution in [1.29, 1.82) is 0 Å². The Labute approximate surface area is 75.4 Å². The molecule has 1 heterocycles. The molecule has 4 heteroatoms. The number of nitrogens with two attached hydrogens (primary N) is 1. The number of anilines is 1. The third kappa shape index (κ3) is 1.13. The van der Waals surface area contributed by atoms with Gasteiger partial charge in [-0.15, -0.1) is 0 Å². The molecule has 3 nitrogen and oxygen atoms in total. The highest BCUT2D eigenvalue weighted by Crippen LogP contribution is 2.34. The summed E-state index contributed by atoms with van der Waals surface area (Å²) in [5, 5.41) is 0. The predicted molar refractivity (Wildman–Crippen MR) is 50.1 cm³/mol. The lowest BCUT2D eigenvalue weighted by Crippen LogP contribution is -1.95. The molecule has 64 valence electrons. The van der Waals surface area contributed by atoms with E-state index in [9.17, 15) is 0 Å². The van der Waals surface area contributed by atoms with Gasteiger partial charge in [-0.3, -0.25) is 4.72 Å². The molecule has 0 aromatic heterocycles. The van der Waals surface area contributed by atoms with Crippen LogP contribution in [-0.4, -0.2) is 7.11 Å². The molecule has 3 N–H and O–H groups in total. The van der Waals surface area contributed by atoms with E-state index in [0.29, 0.717) is 5.69 Å². The van der Waals surface area contributed by atoms with Gasteiger partial charge in [0.2, 0.25) is 0 Å². The Kier molecular flexibility index (Phi) is 1.86. The molecule has 0 bridgehead atoms. The van der Waals surface area contributed by atoms with Gasteiger partial charge in [-0.05, 0) is 29.6 Å². The van der Waals surface area contributed by atoms with Gasteiger partial charge >= 0.3 is 0 Å². The van der Waals surface area contributed by atoms with E-state index in [1.165, 1.54) is 10.5 Å². The number of hydrogen-bond acceptors (Lipinski definition) is 4. The summed E-state index contributed by atoms with van der Waals surface area (Å²) in [7, 11) is 1.63. The second-order valence-electron chi connectivity index (χ2n) is 2.63. The minimum Gasteiger partial charge on any atom is -0.495 e. The normalized spacial score (nSPS) is 14.4. The molecule has 0 radical (unpaired) electrons. The highest BCUT2D eigenvalue weighted by molar-refractivity contribution is 7.97. The minimum absolute atomic E-state index is 0.709. The van der Waals surface area contributed by atoms with Crippen LogP contribution in [-0.2, 0) is 6.54 Å². The van der Waals surface area contributed by atoms with Gasteiger partial charge in [-0.2, -0.15) is 0 Å². The van der Waals surface area contributed by atoms with Crippen molar-refractivity contribution in [3.05, 3.63) is 17.7 Å². The number of rotatable bonds is 1. The summed E-state index contributed by atoms with van der Waals surface area (Å²) in [6.07, 6.45) is 0. The average Bonchev–Trinajstić information content (AvgIpc) is 2.49. The second kappa shape index (κ2) is 2.88. The van der Waals surface area contributed by atoms with E-state index in [-0.39, 0.29) is 0 Å². The Morgan fingerprint density at radius 3 is 3.17 bits per heavy atom. The Morgan fingerprint density at radius 2 is 2.42 bits per heavy atom. The molecule has 0 spiro atoms. The van der Waals surface area contributed by atoms with E-state index in [0.717, 1.165) is 12.3 Å². The van der Waals surface area contributed by atoms with Crippen molar-refractivity contribution in [2.45, 2.75) is 11.4 Å². The van der Waals surface area contributed by atoms with Gasteiger partial charge in [0, 0.05) is 11.4 Å². The zero-order valence-corrected chi connectivity index (χ0v) is 7.57. The van der Waals surface area contributed by atoms with Crippen molar-refractivity contribution in [2.75, 3.05) is 12.8 Å². The van der Waals surface area contributed by atoms with Gasteiger partial charge in [0.25, 0.3) is 0 Å². The first kappa shape index (κ1) is 7.76. The van der Waals surface area contributed by atoms with Crippen LogP contribution in [0.1, 0.15) is 5.56 Å². The highest BCUT2D eigenvalue weighted by Gasteiger charge is 2.13. The van der Waals surface area contributed by atoms with Gasteiger partial charge in [0.15, 0.2) is 0 Å². The lowest BCUT2D eigenvalue weighted by molar-refractivity contribution is 0.416. The summed E-state index contributed by atoms with van der Waals surface area (Å²) in [5.74, 6) is 0.755. The van der Waals surface area contributed by atoms with Gasteiger partial charge in [-0.25, -0.2) is 0 Å². The standard InChI is InChI=1S/C8H10N2OS/c1-11-7-3-8-5(2-6(7)9)4-10-12-8/h2-3,10H,4,9H2,1H3. The molecule has 0 atom stereocenters. The van der Waals surface area contributed by atoms with Crippen molar-refractivity contribution in [3.63, 3.8) is 0 Å². The first-order chi connectivity index (χ1) is 5.81. The summed E-state index contributed by atoms with van der Waals surface area (Å²) in [6.45, 7) is 0.883. The Hall–Kier alpha value is -0.870. The van der Waals surface area contributed by atoms with E-state index in [2.05, 4.69) is 4.72 Å². The first-order valence-electron chi connectivity index (χ1n) is 3.67. The second-order valence-corrected chi connectivity index (χ2v) is 3.56. The topological polar surface area (TPSA) is 47.3 Å². The lowest BCUT2D eigenvalue weighted by atomic mass is 10.2. The maximum Gasteiger partial charge on any atom is 0.142 e. The molecule has 1 aromatic carbocycles. The van der Waals surface area contributed by atoms with E-state index in [1.807, 2.05) is 12.1 Å². The fourth-order valence-corrected chi connectivity index (χ4v) is 2.04. The van der Waals surface area contributed by atoms with Crippen LogP contribution in [0.2, 0.25) is 0 Å². The molecule has 1 aliphatic heterocycles. The summed E-state index contributed by atoms with van der Waals surface area (Å²) in [6, 6.07) is 3.93. The number of ether oxygens (including phenoxy) is 1. The SMILES string of the molecule is COc1cc2c(cc1N)CNS2. The molecular weight excluding hydrogens is 172 g/mol. The van der Waals surface area contributed by atoms with Crippen molar-refractivity contribution >= 4 is 17.6 Å². The van der Waals surface area contributed by atoms with Crippen molar-refractivity contribution in [2.24, 2.45) is 0 Å². The largest absolute Gasteiger partial charge is 0.495 e. The predicted octanol–water partition coefficient (Wildman–Crippen LogP) is 1.39. The van der Waals surface area contributed by atoms with Gasteiger partial charge in [-0.1, -0.05) is 0 Å². The Morgan fingerprint density at radius 1 is 1.58 bits per heavy atom. The zero-order valence-electron chi connectivity index (χ0n) is 6.76. The number of methoxy groups -OCH3 is 1. The average molecular weight is 182 g/mol. The molecule has 2 rings (SSSR count). The Balaban J connectivity index is 2.49. The third-order valence-electron chi connectivity index (χ3n) is 1.86. The molecule has 0 amide bonds. The molecular formula is C8H10N2OS. The summed E-state index contributed by atoms with van der Waals surface area (Å²) in [4.78, 5) is 1.21. The first-order valence-corrected chi connectivity index (χ1v) is 4.49. The monoisotopic (exact) mass is 182 g/mol. The maximum atomic E-state index is 5.74. The summed E-state index contributed by atoms with van der Waals surface area (Å²) in [5.41, 5.74) is 7.70. The van der Waals surface area contributed by atoms with Crippen LogP contribution in [0.15, 0.2) is 17.0 Å². The molecule has 1 aromatic rings. The summed E-state index contributed by atoms with van der Waals surface area (Å²) < 4.78 is 8.28. The van der Waals surface area contributed by atoms with Crippen LogP contribution in [0.5, 0.6) is 5.75 Å². The molecule has 0 saturated heterocycles. The number of nitrogen functional groups attached to an aromatic ring is 1. The van der Waals surface area contributed by atoms with E-state index >= 15 is 0 Å². The smallest absolute Gasteiger partial charge is 0.142 e. The number of fused-ring (bicyclic) bond motifs is 1. The number of hydrogen-bond donors (Lipinski definition) is 2. The number of benzene rings is 1. The molecule has 1 aliphatic rings. The van der Waals surface area contributed by atoms with Gasteiger partial charge < -0.3 is 10.5 Å². The van der Waals surface area contributed by atoms with Crippen LogP contribution >= 0.6 is 11.9 Å². The number of nitrogens with one attached hydrogen (secondary N) is 1. The van der Waals surface area contributed by atoms with Gasteiger partial charge in [0.1, 0.15) is 5.75 Å². The molecule has 0 fully saturated rings. The molecule has 0 aliphatic carbocycles. The third-order valence-corrected chi connectivity index (χ3v) is 2.75. The van der Waals surface area contributed by atoms with Crippen molar-refractivity contribution < 1.29 is 4.74 Å². The van der Waals surface area contributed by atoms with Crippen LogP contribution < -0.4 is 15.2 Å². The fraction of sp³-hybridized carbons (Fsp3) is 0.250. The zero-order chi connectivity index (χ0) is 8.55. The van der Waals surface area contributed by atoms with E-state index in [1.54, 1.807) is 19.1 Å². The highest BCUT2D eigenvalue weighted by atomic mass is 32.2. The maximum absolute atomic E-state index is 5.74. The summed E-state index contributed by atoms with van der Waals surface area (Å²) >= 11 is 1.62. The quantitative estimate of drug-likeness (QED) is 0.509. The fourth-order valence-electron chi connectivity index (χ4n) is 1.23. The van der Waals surface area contributed by atoms with Crippen molar-refractivity contribution in [1.82, 2.24) is 4.72 Å². The molecule has 12 heavy (non-hydrogen) atoms. The van der Waals surface area contributed by atoms with Crippen LogP contribution in [0.25, 0.3) is 0 Å². The Bertz CT molecular complexity index is 313. The van der Waals surface area contributed by atoms with Crippen LogP contribution in [0.4, 0.5) is 5.69 Å².